The molecule has 1 aromatic rings. The van der Waals surface area contributed by atoms with Gasteiger partial charge in [0.25, 0.3) is 5.91 Å². The smallest absolute Gasteiger partial charge is 0.262 e. The lowest BCUT2D eigenvalue weighted by Crippen LogP contribution is -2.35. The molecule has 106 valence electrons. The number of hydrogen-bond acceptors (Lipinski definition) is 4. The van der Waals surface area contributed by atoms with Crippen molar-refractivity contribution in [3.8, 4) is 5.75 Å². The molecule has 0 aromatic heterocycles. The van der Waals surface area contributed by atoms with Crippen LogP contribution in [0.15, 0.2) is 24.8 Å². The zero-order valence-electron chi connectivity index (χ0n) is 10.6. The van der Waals surface area contributed by atoms with Crippen LogP contribution in [0.2, 0.25) is 5.02 Å². The number of ether oxygens (including phenoxy) is 1. The summed E-state index contributed by atoms with van der Waals surface area (Å²) < 4.78 is 5.25. The third-order valence-corrected chi connectivity index (χ3v) is 3.03. The number of benzene rings is 1. The molecule has 1 atom stereocenters. The zero-order chi connectivity index (χ0) is 14.7. The van der Waals surface area contributed by atoms with E-state index in [-0.39, 0.29) is 23.4 Å². The van der Waals surface area contributed by atoms with E-state index in [1.165, 1.54) is 6.07 Å². The average molecular weight is 296 g/mol. The lowest BCUT2D eigenvalue weighted by Gasteiger charge is -2.20. The van der Waals surface area contributed by atoms with E-state index in [9.17, 15) is 9.59 Å². The quantitative estimate of drug-likeness (QED) is 0.734. The minimum atomic E-state index is -0.694. The van der Waals surface area contributed by atoms with Crippen LogP contribution in [0.1, 0.15) is 6.42 Å². The van der Waals surface area contributed by atoms with Crippen LogP contribution in [0.4, 0.5) is 11.4 Å². The van der Waals surface area contributed by atoms with E-state index < -0.39 is 6.04 Å². The van der Waals surface area contributed by atoms with Gasteiger partial charge in [0.15, 0.2) is 6.61 Å². The fraction of sp³-hybridized carbons (Fsp3) is 0.231. The van der Waals surface area contributed by atoms with Gasteiger partial charge in [0.2, 0.25) is 5.91 Å². The fourth-order valence-corrected chi connectivity index (χ4v) is 1.92. The Morgan fingerprint density at radius 2 is 2.40 bits per heavy atom. The maximum Gasteiger partial charge on any atom is 0.262 e. The lowest BCUT2D eigenvalue weighted by molar-refractivity contribution is -0.119. The van der Waals surface area contributed by atoms with Crippen LogP contribution in [0.25, 0.3) is 0 Å². The molecule has 1 aromatic carbocycles. The number of hydrogen-bond donors (Lipinski definition) is 3. The van der Waals surface area contributed by atoms with Gasteiger partial charge in [0.1, 0.15) is 5.75 Å². The first kappa shape index (κ1) is 14.4. The standard InChI is InChI=1S/C13H14ClN3O3/c1-2-3-8(15)13(19)17-9-5-11-10(4-7(9)14)16-12(18)6-20-11/h2,4-5,8H,1,3,6,15H2,(H,16,18)(H,17,19). The van der Waals surface area contributed by atoms with Gasteiger partial charge in [-0.25, -0.2) is 0 Å². The topological polar surface area (TPSA) is 93.5 Å². The molecule has 0 radical (unpaired) electrons. The summed E-state index contributed by atoms with van der Waals surface area (Å²) in [6.45, 7) is 3.45. The molecule has 7 heteroatoms. The van der Waals surface area contributed by atoms with Crippen LogP contribution in [0.5, 0.6) is 5.75 Å². The van der Waals surface area contributed by atoms with Crippen LogP contribution in [-0.4, -0.2) is 24.5 Å². The lowest BCUT2D eigenvalue weighted by atomic mass is 10.2. The molecule has 2 rings (SSSR count). The van der Waals surface area contributed by atoms with Crippen molar-refractivity contribution in [3.05, 3.63) is 29.8 Å². The summed E-state index contributed by atoms with van der Waals surface area (Å²) in [6.07, 6.45) is 1.93. The molecule has 0 spiro atoms. The molecular weight excluding hydrogens is 282 g/mol. The van der Waals surface area contributed by atoms with Crippen LogP contribution in [-0.2, 0) is 9.59 Å². The van der Waals surface area contributed by atoms with E-state index >= 15 is 0 Å². The Kier molecular flexibility index (Phi) is 4.26. The molecule has 0 bridgehead atoms. The van der Waals surface area contributed by atoms with Crippen LogP contribution in [0, 0.1) is 0 Å². The maximum absolute atomic E-state index is 11.8. The van der Waals surface area contributed by atoms with Gasteiger partial charge in [0, 0.05) is 6.07 Å². The van der Waals surface area contributed by atoms with Crippen molar-refractivity contribution in [1.82, 2.24) is 0 Å². The molecule has 6 nitrogen and oxygen atoms in total. The van der Waals surface area contributed by atoms with Gasteiger partial charge in [-0.3, -0.25) is 9.59 Å². The van der Waals surface area contributed by atoms with Crippen molar-refractivity contribution < 1.29 is 14.3 Å². The predicted octanol–water partition coefficient (Wildman–Crippen LogP) is 1.51. The van der Waals surface area contributed by atoms with Gasteiger partial charge in [-0.15, -0.1) is 6.58 Å². The Bertz CT molecular complexity index is 574. The molecule has 0 aliphatic carbocycles. The van der Waals surface area contributed by atoms with E-state index in [1.807, 2.05) is 0 Å². The number of amides is 2. The molecule has 2 amide bonds. The summed E-state index contributed by atoms with van der Waals surface area (Å²) in [6, 6.07) is 2.37. The van der Waals surface area contributed by atoms with Gasteiger partial charge in [0.05, 0.1) is 22.4 Å². The minimum Gasteiger partial charge on any atom is -0.482 e. The molecule has 0 saturated carbocycles. The number of rotatable bonds is 4. The second-order valence-electron chi connectivity index (χ2n) is 4.29. The van der Waals surface area contributed by atoms with Crippen LogP contribution < -0.4 is 21.1 Å². The van der Waals surface area contributed by atoms with Gasteiger partial charge in [-0.2, -0.15) is 0 Å². The number of nitrogens with two attached hydrogens (primary N) is 1. The highest BCUT2D eigenvalue weighted by Crippen LogP contribution is 2.36. The molecule has 1 heterocycles. The maximum atomic E-state index is 11.8. The molecular formula is C13H14ClN3O3. The average Bonchev–Trinajstić information content (AvgIpc) is 2.40. The van der Waals surface area contributed by atoms with Crippen molar-refractivity contribution >= 4 is 34.8 Å². The summed E-state index contributed by atoms with van der Waals surface area (Å²) in [7, 11) is 0. The Labute approximate surface area is 120 Å². The second kappa shape index (κ2) is 5.94. The highest BCUT2D eigenvalue weighted by Gasteiger charge is 2.20. The van der Waals surface area contributed by atoms with Gasteiger partial charge in [-0.1, -0.05) is 17.7 Å². The van der Waals surface area contributed by atoms with E-state index in [1.54, 1.807) is 12.1 Å². The molecule has 4 N–H and O–H groups in total. The van der Waals surface area contributed by atoms with Crippen molar-refractivity contribution in [1.29, 1.82) is 0 Å². The predicted molar refractivity (Wildman–Crippen MR) is 77.0 cm³/mol. The second-order valence-corrected chi connectivity index (χ2v) is 4.69. The van der Waals surface area contributed by atoms with Crippen molar-refractivity contribution in [2.75, 3.05) is 17.2 Å². The number of fused-ring (bicyclic) bond motifs is 1. The summed E-state index contributed by atoms with van der Waals surface area (Å²) in [5, 5.41) is 5.53. The third kappa shape index (κ3) is 3.09. The normalized spacial score (nSPS) is 14.6. The highest BCUT2D eigenvalue weighted by molar-refractivity contribution is 6.34. The van der Waals surface area contributed by atoms with Crippen molar-refractivity contribution in [3.63, 3.8) is 0 Å². The monoisotopic (exact) mass is 295 g/mol. The Balaban J connectivity index is 2.19. The van der Waals surface area contributed by atoms with E-state index in [4.69, 9.17) is 22.1 Å². The highest BCUT2D eigenvalue weighted by atomic mass is 35.5. The third-order valence-electron chi connectivity index (χ3n) is 2.72. The van der Waals surface area contributed by atoms with Crippen LogP contribution in [0.3, 0.4) is 0 Å². The SMILES string of the molecule is C=CCC(N)C(=O)Nc1cc2c(cc1Cl)NC(=O)CO2. The van der Waals surface area contributed by atoms with E-state index in [0.29, 0.717) is 23.5 Å². The molecule has 1 aliphatic heterocycles. The number of nitrogens with one attached hydrogen (secondary N) is 2. The first-order valence-electron chi connectivity index (χ1n) is 5.95. The van der Waals surface area contributed by atoms with Gasteiger partial charge >= 0.3 is 0 Å². The first-order chi connectivity index (χ1) is 9.51. The molecule has 0 saturated heterocycles. The number of carbonyl (C=O) groups excluding carboxylic acids is 2. The summed E-state index contributed by atoms with van der Waals surface area (Å²) >= 11 is 6.05. The fourth-order valence-electron chi connectivity index (χ4n) is 1.71. The van der Waals surface area contributed by atoms with Crippen LogP contribution >= 0.6 is 11.6 Å². The first-order valence-corrected chi connectivity index (χ1v) is 6.32. The van der Waals surface area contributed by atoms with E-state index in [2.05, 4.69) is 17.2 Å². The molecule has 1 unspecified atom stereocenters. The molecule has 0 fully saturated rings. The van der Waals surface area contributed by atoms with Gasteiger partial charge in [-0.05, 0) is 12.5 Å². The van der Waals surface area contributed by atoms with E-state index in [0.717, 1.165) is 0 Å². The Morgan fingerprint density at radius 1 is 1.65 bits per heavy atom. The number of carbonyl (C=O) groups is 2. The molecule has 1 aliphatic rings. The number of halogens is 1. The Hall–Kier alpha value is -2.05. The van der Waals surface area contributed by atoms with Crippen molar-refractivity contribution in [2.24, 2.45) is 5.73 Å². The Morgan fingerprint density at radius 3 is 3.10 bits per heavy atom. The van der Waals surface area contributed by atoms with Crippen molar-refractivity contribution in [2.45, 2.75) is 12.5 Å². The summed E-state index contributed by atoms with van der Waals surface area (Å²) in [5.41, 5.74) is 6.52. The molecule has 20 heavy (non-hydrogen) atoms. The summed E-state index contributed by atoms with van der Waals surface area (Å²) in [4.78, 5) is 23.0. The largest absolute Gasteiger partial charge is 0.482 e. The van der Waals surface area contributed by atoms with Gasteiger partial charge < -0.3 is 21.1 Å². The summed E-state index contributed by atoms with van der Waals surface area (Å²) in [5.74, 6) is -0.174. The zero-order valence-corrected chi connectivity index (χ0v) is 11.4. The number of anilines is 2. The minimum absolute atomic E-state index is 0.0714.